The Morgan fingerprint density at radius 3 is 2.30 bits per heavy atom. The molecule has 0 fully saturated rings. The number of ketones is 1. The van der Waals surface area contributed by atoms with Gasteiger partial charge in [0.1, 0.15) is 6.10 Å². The van der Waals surface area contributed by atoms with Gasteiger partial charge in [0.2, 0.25) is 0 Å². The maximum atomic E-state index is 12.8. The topological polar surface area (TPSA) is 76.4 Å². The van der Waals surface area contributed by atoms with Crippen molar-refractivity contribution in [1.29, 1.82) is 0 Å². The van der Waals surface area contributed by atoms with E-state index in [2.05, 4.69) is 0 Å². The molecule has 3 aromatic rings. The second-order valence-electron chi connectivity index (χ2n) is 5.21. The Balaban J connectivity index is 2.29. The van der Waals surface area contributed by atoms with Gasteiger partial charge in [-0.2, -0.15) is 0 Å². The van der Waals surface area contributed by atoms with Crippen molar-refractivity contribution in [2.45, 2.75) is 17.9 Å². The fourth-order valence-electron chi connectivity index (χ4n) is 2.48. The minimum atomic E-state index is -3.82. The third-order valence-electron chi connectivity index (χ3n) is 3.62. The zero-order valence-corrected chi connectivity index (χ0v) is 13.2. The van der Waals surface area contributed by atoms with Gasteiger partial charge in [0.15, 0.2) is 5.78 Å². The first-order valence-electron chi connectivity index (χ1n) is 7.06. The number of rotatable bonds is 4. The maximum absolute atomic E-state index is 12.8. The summed E-state index contributed by atoms with van der Waals surface area (Å²) in [5, 5.41) is 10.1. The minimum absolute atomic E-state index is 0.136. The Kier molecular flexibility index (Phi) is 3.79. The maximum Gasteiger partial charge on any atom is 0.268 e. The largest absolute Gasteiger partial charge is 0.385 e. The Morgan fingerprint density at radius 1 is 1.04 bits per heavy atom. The van der Waals surface area contributed by atoms with E-state index >= 15 is 0 Å². The van der Waals surface area contributed by atoms with Crippen molar-refractivity contribution >= 4 is 26.7 Å². The van der Waals surface area contributed by atoms with Gasteiger partial charge in [-0.05, 0) is 25.1 Å². The summed E-state index contributed by atoms with van der Waals surface area (Å²) < 4.78 is 26.8. The molecule has 0 aliphatic rings. The lowest BCUT2D eigenvalue weighted by molar-refractivity contribution is 0.0781. The SMILES string of the molecule is C[C@H](O)C(=O)c1cn(S(=O)(=O)c2ccccc2)c2ccccc12. The van der Waals surface area contributed by atoms with Gasteiger partial charge in [0, 0.05) is 17.1 Å². The first-order valence-corrected chi connectivity index (χ1v) is 8.50. The second kappa shape index (κ2) is 5.64. The normalized spacial score (nSPS) is 13.1. The first kappa shape index (κ1) is 15.5. The molecule has 0 unspecified atom stereocenters. The van der Waals surface area contributed by atoms with Crippen LogP contribution < -0.4 is 0 Å². The summed E-state index contributed by atoms with van der Waals surface area (Å²) in [6, 6.07) is 14.7. The van der Waals surface area contributed by atoms with Gasteiger partial charge in [-0.3, -0.25) is 4.79 Å². The third-order valence-corrected chi connectivity index (χ3v) is 5.31. The fraction of sp³-hybridized carbons (Fsp3) is 0.118. The van der Waals surface area contributed by atoms with E-state index in [1.54, 1.807) is 42.5 Å². The molecule has 5 nitrogen and oxygen atoms in total. The fourth-order valence-corrected chi connectivity index (χ4v) is 3.87. The van der Waals surface area contributed by atoms with Crippen LogP contribution in [0.15, 0.2) is 65.7 Å². The highest BCUT2D eigenvalue weighted by Gasteiger charge is 2.24. The number of Topliss-reactive ketones (excluding diaryl/α,β-unsaturated/α-hetero) is 1. The average molecular weight is 329 g/mol. The highest BCUT2D eigenvalue weighted by molar-refractivity contribution is 7.90. The lowest BCUT2D eigenvalue weighted by atomic mass is 10.1. The number of carbonyl (C=O) groups is 1. The number of benzene rings is 2. The summed E-state index contributed by atoms with van der Waals surface area (Å²) in [6.07, 6.45) is 0.0795. The highest BCUT2D eigenvalue weighted by Crippen LogP contribution is 2.26. The molecule has 6 heteroatoms. The van der Waals surface area contributed by atoms with Crippen molar-refractivity contribution < 1.29 is 18.3 Å². The summed E-state index contributed by atoms with van der Waals surface area (Å²) >= 11 is 0. The number of fused-ring (bicyclic) bond motifs is 1. The number of para-hydroxylation sites is 1. The molecule has 1 N–H and O–H groups in total. The Bertz CT molecular complexity index is 972. The molecule has 3 rings (SSSR count). The molecule has 0 bridgehead atoms. The molecule has 0 aliphatic heterocycles. The van der Waals surface area contributed by atoms with E-state index in [0.717, 1.165) is 3.97 Å². The van der Waals surface area contributed by atoms with Crippen LogP contribution in [0.5, 0.6) is 0 Å². The third kappa shape index (κ3) is 2.56. The number of carbonyl (C=O) groups excluding carboxylic acids is 1. The molecule has 0 spiro atoms. The Hall–Kier alpha value is -2.44. The van der Waals surface area contributed by atoms with Crippen molar-refractivity contribution in [2.75, 3.05) is 0 Å². The molecular formula is C17H15NO4S. The van der Waals surface area contributed by atoms with Crippen molar-refractivity contribution in [3.63, 3.8) is 0 Å². The lowest BCUT2D eigenvalue weighted by Crippen LogP contribution is -2.16. The van der Waals surface area contributed by atoms with E-state index in [0.29, 0.717) is 10.9 Å². The molecule has 1 atom stereocenters. The van der Waals surface area contributed by atoms with Crippen LogP contribution in [0.25, 0.3) is 10.9 Å². The van der Waals surface area contributed by atoms with Crippen LogP contribution in [0.4, 0.5) is 0 Å². The quantitative estimate of drug-likeness (QED) is 0.746. The van der Waals surface area contributed by atoms with Gasteiger partial charge in [-0.25, -0.2) is 12.4 Å². The van der Waals surface area contributed by atoms with Gasteiger partial charge in [-0.15, -0.1) is 0 Å². The summed E-state index contributed by atoms with van der Waals surface area (Å²) in [7, 11) is -3.82. The van der Waals surface area contributed by atoms with Crippen molar-refractivity contribution in [3.05, 3.63) is 66.4 Å². The van der Waals surface area contributed by atoms with E-state index in [4.69, 9.17) is 0 Å². The predicted molar refractivity (Wildman–Crippen MR) is 87.0 cm³/mol. The van der Waals surface area contributed by atoms with Crippen LogP contribution in [-0.4, -0.2) is 29.4 Å². The van der Waals surface area contributed by atoms with Gasteiger partial charge in [0.25, 0.3) is 10.0 Å². The van der Waals surface area contributed by atoms with Crippen LogP contribution in [0.3, 0.4) is 0 Å². The minimum Gasteiger partial charge on any atom is -0.385 e. The Labute approximate surface area is 133 Å². The number of nitrogens with zero attached hydrogens (tertiary/aromatic N) is 1. The predicted octanol–water partition coefficient (Wildman–Crippen LogP) is 2.44. The highest BCUT2D eigenvalue weighted by atomic mass is 32.2. The van der Waals surface area contributed by atoms with E-state index in [-0.39, 0.29) is 10.5 Å². The van der Waals surface area contributed by atoms with Gasteiger partial charge in [-0.1, -0.05) is 36.4 Å². The molecule has 118 valence electrons. The standard InChI is InChI=1S/C17H15NO4S/c1-12(19)17(20)15-11-18(16-10-6-5-9-14(15)16)23(21,22)13-7-3-2-4-8-13/h2-12,19H,1H3/t12-/m0/s1. The smallest absolute Gasteiger partial charge is 0.268 e. The molecule has 0 radical (unpaired) electrons. The van der Waals surface area contributed by atoms with E-state index < -0.39 is 21.9 Å². The molecule has 0 saturated carbocycles. The first-order chi connectivity index (χ1) is 10.9. The number of hydrogen-bond acceptors (Lipinski definition) is 4. The molecule has 0 saturated heterocycles. The van der Waals surface area contributed by atoms with E-state index in [1.165, 1.54) is 25.3 Å². The molecule has 1 aromatic heterocycles. The monoisotopic (exact) mass is 329 g/mol. The summed E-state index contributed by atoms with van der Waals surface area (Å²) in [6.45, 7) is 1.36. The molecule has 2 aromatic carbocycles. The van der Waals surface area contributed by atoms with Crippen LogP contribution in [0.1, 0.15) is 17.3 Å². The van der Waals surface area contributed by atoms with Gasteiger partial charge < -0.3 is 5.11 Å². The van der Waals surface area contributed by atoms with E-state index in [1.807, 2.05) is 0 Å². The zero-order chi connectivity index (χ0) is 16.6. The molecule has 0 amide bonds. The summed E-state index contributed by atoms with van der Waals surface area (Å²) in [4.78, 5) is 12.3. The second-order valence-corrected chi connectivity index (χ2v) is 7.03. The molecule has 0 aliphatic carbocycles. The summed E-state index contributed by atoms with van der Waals surface area (Å²) in [5.74, 6) is -0.511. The zero-order valence-electron chi connectivity index (χ0n) is 12.4. The molecular weight excluding hydrogens is 314 g/mol. The van der Waals surface area contributed by atoms with Crippen molar-refractivity contribution in [1.82, 2.24) is 3.97 Å². The summed E-state index contributed by atoms with van der Waals surface area (Å²) in [5.41, 5.74) is 0.593. The van der Waals surface area contributed by atoms with Crippen LogP contribution in [-0.2, 0) is 10.0 Å². The number of aromatic nitrogens is 1. The van der Waals surface area contributed by atoms with E-state index in [9.17, 15) is 18.3 Å². The van der Waals surface area contributed by atoms with Crippen LogP contribution in [0, 0.1) is 0 Å². The van der Waals surface area contributed by atoms with Crippen molar-refractivity contribution in [3.8, 4) is 0 Å². The molecule has 1 heterocycles. The number of aliphatic hydroxyl groups is 1. The Morgan fingerprint density at radius 2 is 1.65 bits per heavy atom. The van der Waals surface area contributed by atoms with Crippen molar-refractivity contribution in [2.24, 2.45) is 0 Å². The van der Waals surface area contributed by atoms with Gasteiger partial charge in [0.05, 0.1) is 10.4 Å². The molecule has 23 heavy (non-hydrogen) atoms. The average Bonchev–Trinajstić information content (AvgIpc) is 2.95. The lowest BCUT2D eigenvalue weighted by Gasteiger charge is -2.07. The number of aliphatic hydroxyl groups excluding tert-OH is 1. The van der Waals surface area contributed by atoms with Gasteiger partial charge >= 0.3 is 0 Å². The van der Waals surface area contributed by atoms with Crippen LogP contribution in [0.2, 0.25) is 0 Å². The van der Waals surface area contributed by atoms with Crippen LogP contribution >= 0.6 is 0 Å². The number of hydrogen-bond donors (Lipinski definition) is 1.